The summed E-state index contributed by atoms with van der Waals surface area (Å²) < 4.78 is 7.49. The van der Waals surface area contributed by atoms with Gasteiger partial charge in [0.15, 0.2) is 11.6 Å². The molecule has 2 aromatic heterocycles. The second-order valence-electron chi connectivity index (χ2n) is 6.54. The van der Waals surface area contributed by atoms with Gasteiger partial charge in [-0.15, -0.1) is 0 Å². The van der Waals surface area contributed by atoms with Crippen LogP contribution < -0.4 is 10.1 Å². The quantitative estimate of drug-likeness (QED) is 0.430. The molecule has 0 unspecified atom stereocenters. The molecule has 4 rings (SSSR count). The number of hydrogen-bond donors (Lipinski definition) is 1. The molecule has 0 amide bonds. The van der Waals surface area contributed by atoms with Gasteiger partial charge in [0.25, 0.3) is 0 Å². The van der Waals surface area contributed by atoms with Crippen LogP contribution in [0.3, 0.4) is 0 Å². The predicted molar refractivity (Wildman–Crippen MR) is 117 cm³/mol. The lowest BCUT2D eigenvalue weighted by Gasteiger charge is -2.15. The summed E-state index contributed by atoms with van der Waals surface area (Å²) in [4.78, 5) is 9.55. The van der Waals surface area contributed by atoms with Crippen LogP contribution in [0.5, 0.6) is 5.75 Å². The van der Waals surface area contributed by atoms with Gasteiger partial charge in [0, 0.05) is 5.69 Å². The van der Waals surface area contributed by atoms with Crippen LogP contribution in [0.2, 0.25) is 10.0 Å². The van der Waals surface area contributed by atoms with Gasteiger partial charge < -0.3 is 10.1 Å². The van der Waals surface area contributed by atoms with E-state index < -0.39 is 0 Å². The van der Waals surface area contributed by atoms with E-state index in [0.29, 0.717) is 39.3 Å². The number of ether oxygens (including phenoxy) is 1. The zero-order chi connectivity index (χ0) is 20.5. The summed E-state index contributed by atoms with van der Waals surface area (Å²) in [5.74, 6) is 1.83. The molecular weight excluding hydrogens is 409 g/mol. The SMILES string of the molecule is CCOc1ccccc1Nc1nc2cc(Cl)c(Cl)cc2nc1-n1nc(C)cc1C. The first-order valence-electron chi connectivity index (χ1n) is 9.15. The van der Waals surface area contributed by atoms with Crippen molar-refractivity contribution >= 4 is 45.7 Å². The van der Waals surface area contributed by atoms with E-state index in [1.807, 2.05) is 51.1 Å². The van der Waals surface area contributed by atoms with Gasteiger partial charge in [-0.3, -0.25) is 0 Å². The topological polar surface area (TPSA) is 64.9 Å². The summed E-state index contributed by atoms with van der Waals surface area (Å²) in [6, 6.07) is 13.1. The third-order valence-electron chi connectivity index (χ3n) is 4.34. The van der Waals surface area contributed by atoms with Gasteiger partial charge in [0.05, 0.1) is 39.1 Å². The third kappa shape index (κ3) is 3.86. The predicted octanol–water partition coefficient (Wildman–Crippen LogP) is 5.88. The molecular formula is C21H19Cl2N5O. The maximum absolute atomic E-state index is 6.19. The molecule has 0 spiro atoms. The van der Waals surface area contributed by atoms with Crippen molar-refractivity contribution in [3.8, 4) is 11.6 Å². The lowest BCUT2D eigenvalue weighted by Crippen LogP contribution is -2.09. The van der Waals surface area contributed by atoms with E-state index in [0.717, 1.165) is 22.8 Å². The summed E-state index contributed by atoms with van der Waals surface area (Å²) in [6.07, 6.45) is 0. The molecule has 29 heavy (non-hydrogen) atoms. The number of hydrogen-bond acceptors (Lipinski definition) is 5. The summed E-state index contributed by atoms with van der Waals surface area (Å²) in [6.45, 7) is 6.41. The van der Waals surface area contributed by atoms with Crippen LogP contribution >= 0.6 is 23.2 Å². The molecule has 0 saturated carbocycles. The Kier molecular flexibility index (Phi) is 5.30. The highest BCUT2D eigenvalue weighted by Crippen LogP contribution is 2.32. The number of aromatic nitrogens is 4. The van der Waals surface area contributed by atoms with E-state index in [4.69, 9.17) is 37.9 Å². The van der Waals surface area contributed by atoms with Crippen molar-refractivity contribution in [3.05, 3.63) is 63.9 Å². The Balaban J connectivity index is 1.92. The molecule has 2 heterocycles. The van der Waals surface area contributed by atoms with Crippen LogP contribution in [0.4, 0.5) is 11.5 Å². The van der Waals surface area contributed by atoms with Gasteiger partial charge in [-0.2, -0.15) is 5.10 Å². The smallest absolute Gasteiger partial charge is 0.197 e. The summed E-state index contributed by atoms with van der Waals surface area (Å²) in [7, 11) is 0. The Morgan fingerprint density at radius 3 is 2.34 bits per heavy atom. The standard InChI is InChI=1S/C21H19Cl2N5O/c1-4-29-19-8-6-5-7-16(19)24-20-21(28-13(3)9-12(2)27-28)26-18-11-15(23)14(22)10-17(18)25-20/h5-11H,4H2,1-3H3,(H,24,25). The minimum atomic E-state index is 0.424. The van der Waals surface area contributed by atoms with E-state index in [9.17, 15) is 0 Å². The molecule has 0 atom stereocenters. The van der Waals surface area contributed by atoms with Crippen LogP contribution in [-0.2, 0) is 0 Å². The molecule has 1 N–H and O–H groups in total. The number of rotatable bonds is 5. The van der Waals surface area contributed by atoms with Gasteiger partial charge in [0.1, 0.15) is 5.75 Å². The molecule has 6 nitrogen and oxygen atoms in total. The molecule has 0 bridgehead atoms. The Hall–Kier alpha value is -2.83. The number of nitrogens with one attached hydrogen (secondary N) is 1. The summed E-state index contributed by atoms with van der Waals surface area (Å²) in [5.41, 5.74) is 3.87. The first kappa shape index (κ1) is 19.5. The fourth-order valence-corrected chi connectivity index (χ4v) is 3.41. The largest absolute Gasteiger partial charge is 0.492 e. The highest BCUT2D eigenvalue weighted by atomic mass is 35.5. The molecule has 2 aromatic carbocycles. The summed E-state index contributed by atoms with van der Waals surface area (Å²) in [5, 5.41) is 8.77. The van der Waals surface area contributed by atoms with Crippen molar-refractivity contribution in [2.24, 2.45) is 0 Å². The average Bonchev–Trinajstić information content (AvgIpc) is 3.02. The number of nitrogens with zero attached hydrogens (tertiary/aromatic N) is 4. The lowest BCUT2D eigenvalue weighted by molar-refractivity contribution is 0.342. The normalized spacial score (nSPS) is 11.1. The van der Waals surface area contributed by atoms with E-state index in [-0.39, 0.29) is 0 Å². The highest BCUT2D eigenvalue weighted by molar-refractivity contribution is 6.42. The molecule has 0 aliphatic rings. The number of aryl methyl sites for hydroxylation is 2. The van der Waals surface area contributed by atoms with E-state index in [1.54, 1.807) is 16.8 Å². The zero-order valence-electron chi connectivity index (χ0n) is 16.2. The van der Waals surface area contributed by atoms with Crippen LogP contribution in [0, 0.1) is 13.8 Å². The fourth-order valence-electron chi connectivity index (χ4n) is 3.10. The van der Waals surface area contributed by atoms with Gasteiger partial charge in [0.2, 0.25) is 0 Å². The molecule has 8 heteroatoms. The van der Waals surface area contributed by atoms with Crippen molar-refractivity contribution in [1.82, 2.24) is 19.7 Å². The number of para-hydroxylation sites is 2. The van der Waals surface area contributed by atoms with Gasteiger partial charge >= 0.3 is 0 Å². The molecule has 148 valence electrons. The molecule has 0 fully saturated rings. The average molecular weight is 428 g/mol. The highest BCUT2D eigenvalue weighted by Gasteiger charge is 2.17. The maximum atomic E-state index is 6.19. The van der Waals surface area contributed by atoms with Crippen molar-refractivity contribution < 1.29 is 4.74 Å². The monoisotopic (exact) mass is 427 g/mol. The Morgan fingerprint density at radius 2 is 1.69 bits per heavy atom. The Bertz CT molecular complexity index is 1210. The van der Waals surface area contributed by atoms with Gasteiger partial charge in [-0.1, -0.05) is 35.3 Å². The second-order valence-corrected chi connectivity index (χ2v) is 7.36. The first-order valence-corrected chi connectivity index (χ1v) is 9.91. The fraction of sp³-hybridized carbons (Fsp3) is 0.190. The van der Waals surface area contributed by atoms with Crippen LogP contribution in [0.15, 0.2) is 42.5 Å². The van der Waals surface area contributed by atoms with E-state index >= 15 is 0 Å². The molecule has 0 saturated heterocycles. The number of benzene rings is 2. The van der Waals surface area contributed by atoms with Crippen molar-refractivity contribution in [3.63, 3.8) is 0 Å². The lowest BCUT2D eigenvalue weighted by atomic mass is 10.2. The summed E-state index contributed by atoms with van der Waals surface area (Å²) >= 11 is 12.4. The Morgan fingerprint density at radius 1 is 1.00 bits per heavy atom. The molecule has 0 radical (unpaired) electrons. The first-order chi connectivity index (χ1) is 14.0. The number of anilines is 2. The van der Waals surface area contributed by atoms with Crippen LogP contribution in [0.1, 0.15) is 18.3 Å². The number of fused-ring (bicyclic) bond motifs is 1. The van der Waals surface area contributed by atoms with E-state index in [2.05, 4.69) is 10.4 Å². The van der Waals surface area contributed by atoms with Crippen LogP contribution in [-0.4, -0.2) is 26.4 Å². The molecule has 0 aliphatic carbocycles. The minimum Gasteiger partial charge on any atom is -0.492 e. The maximum Gasteiger partial charge on any atom is 0.197 e. The van der Waals surface area contributed by atoms with E-state index in [1.165, 1.54) is 0 Å². The molecule has 0 aliphatic heterocycles. The molecule has 4 aromatic rings. The second kappa shape index (κ2) is 7.89. The van der Waals surface area contributed by atoms with Crippen molar-refractivity contribution in [2.45, 2.75) is 20.8 Å². The Labute approximate surface area is 178 Å². The third-order valence-corrected chi connectivity index (χ3v) is 5.06. The van der Waals surface area contributed by atoms with Crippen LogP contribution in [0.25, 0.3) is 16.9 Å². The van der Waals surface area contributed by atoms with Crippen molar-refractivity contribution in [2.75, 3.05) is 11.9 Å². The van der Waals surface area contributed by atoms with Gasteiger partial charge in [-0.25, -0.2) is 14.6 Å². The number of halogens is 2. The van der Waals surface area contributed by atoms with Crippen molar-refractivity contribution in [1.29, 1.82) is 0 Å². The zero-order valence-corrected chi connectivity index (χ0v) is 17.7. The van der Waals surface area contributed by atoms with Gasteiger partial charge in [-0.05, 0) is 51.1 Å². The minimum absolute atomic E-state index is 0.424.